The molecule has 0 N–H and O–H groups in total. The molecule has 0 radical (unpaired) electrons. The zero-order valence-electron chi connectivity index (χ0n) is 28.2. The maximum absolute atomic E-state index is 14.2. The minimum atomic E-state index is -4.47. The quantitative estimate of drug-likeness (QED) is 0.172. The Bertz CT molecular complexity index is 2640. The van der Waals surface area contributed by atoms with E-state index in [9.17, 15) is 13.2 Å². The number of thiophene rings is 1. The van der Waals surface area contributed by atoms with Gasteiger partial charge in [-0.15, -0.1) is 11.3 Å². The van der Waals surface area contributed by atoms with E-state index in [1.807, 2.05) is 103 Å². The highest BCUT2D eigenvalue weighted by Gasteiger charge is 2.34. The molecule has 9 aromatic rings. The van der Waals surface area contributed by atoms with Crippen LogP contribution in [0, 0.1) is 0 Å². The summed E-state index contributed by atoms with van der Waals surface area (Å²) in [4.78, 5) is 9.65. The number of nitrogens with zero attached hydrogens (tertiary/aromatic N) is 2. The summed E-state index contributed by atoms with van der Waals surface area (Å²) >= 11 is 1.53. The van der Waals surface area contributed by atoms with Gasteiger partial charge in [0.25, 0.3) is 0 Å². The summed E-state index contributed by atoms with van der Waals surface area (Å²) in [5.74, 6) is 0. The van der Waals surface area contributed by atoms with Crippen LogP contribution in [0.3, 0.4) is 0 Å². The van der Waals surface area contributed by atoms with Crippen molar-refractivity contribution in [1.29, 1.82) is 0 Å². The standard InChI is InChI=1S/C47H29F3N2S/c48-47(49,50)42-20-8-7-15-38(42)39-17-10-19-41-40-18-9-16-37(45(40)53-46(39)41)36-26-34(32-21-23-43(51-28-32)30-11-3-1-4-12-30)25-35(27-36)33-22-24-44(52-29-33)31-13-5-2-6-14-31/h1-29H. The topological polar surface area (TPSA) is 25.8 Å². The van der Waals surface area contributed by atoms with Crippen molar-refractivity contribution in [3.8, 4) is 67.0 Å². The van der Waals surface area contributed by atoms with Crippen molar-refractivity contribution in [2.75, 3.05) is 0 Å². The molecule has 3 heterocycles. The second-order valence-corrected chi connectivity index (χ2v) is 13.9. The summed E-state index contributed by atoms with van der Waals surface area (Å²) in [6.45, 7) is 0. The van der Waals surface area contributed by atoms with Crippen LogP contribution in [-0.4, -0.2) is 9.97 Å². The SMILES string of the molecule is FC(F)(F)c1ccccc1-c1cccc2c1sc1c(-c3cc(-c4ccc(-c5ccccc5)nc4)cc(-c4ccc(-c5ccccc5)nc4)c3)cccc12. The van der Waals surface area contributed by atoms with Crippen LogP contribution in [0.15, 0.2) is 176 Å². The summed E-state index contributed by atoms with van der Waals surface area (Å²) < 4.78 is 44.4. The van der Waals surface area contributed by atoms with Crippen LogP contribution >= 0.6 is 11.3 Å². The molecule has 0 bridgehead atoms. The van der Waals surface area contributed by atoms with Crippen LogP contribution in [0.5, 0.6) is 0 Å². The average molecular weight is 711 g/mol. The molecule has 0 saturated carbocycles. The maximum Gasteiger partial charge on any atom is 0.417 e. The first-order valence-corrected chi connectivity index (χ1v) is 18.0. The largest absolute Gasteiger partial charge is 0.417 e. The Balaban J connectivity index is 1.21. The second kappa shape index (κ2) is 13.3. The predicted molar refractivity (Wildman–Crippen MR) is 213 cm³/mol. The molecule has 254 valence electrons. The van der Waals surface area contributed by atoms with E-state index in [4.69, 9.17) is 9.97 Å². The van der Waals surface area contributed by atoms with Crippen LogP contribution in [0.1, 0.15) is 5.56 Å². The molecule has 0 unspecified atom stereocenters. The highest BCUT2D eigenvalue weighted by Crippen LogP contribution is 2.47. The van der Waals surface area contributed by atoms with E-state index in [2.05, 4.69) is 42.5 Å². The van der Waals surface area contributed by atoms with E-state index in [1.54, 1.807) is 18.2 Å². The predicted octanol–water partition coefficient (Wildman–Crippen LogP) is 13.9. The van der Waals surface area contributed by atoms with Gasteiger partial charge in [0, 0.05) is 60.4 Å². The van der Waals surface area contributed by atoms with Gasteiger partial charge in [-0.2, -0.15) is 13.2 Å². The number of fused-ring (bicyclic) bond motifs is 3. The maximum atomic E-state index is 14.2. The van der Waals surface area contributed by atoms with Crippen molar-refractivity contribution in [1.82, 2.24) is 9.97 Å². The van der Waals surface area contributed by atoms with Crippen LogP contribution < -0.4 is 0 Å². The molecule has 0 saturated heterocycles. The summed E-state index contributed by atoms with van der Waals surface area (Å²) in [5, 5.41) is 1.93. The highest BCUT2D eigenvalue weighted by atomic mass is 32.1. The zero-order valence-corrected chi connectivity index (χ0v) is 29.0. The van der Waals surface area contributed by atoms with Crippen molar-refractivity contribution >= 4 is 31.5 Å². The first kappa shape index (κ1) is 32.5. The number of benzene rings is 6. The Morgan fingerprint density at radius 2 is 0.849 bits per heavy atom. The van der Waals surface area contributed by atoms with Crippen molar-refractivity contribution < 1.29 is 13.2 Å². The molecule has 0 fully saturated rings. The molecule has 6 heteroatoms. The molecule has 2 nitrogen and oxygen atoms in total. The number of aromatic nitrogens is 2. The second-order valence-electron chi connectivity index (χ2n) is 12.9. The van der Waals surface area contributed by atoms with Gasteiger partial charge in [0.05, 0.1) is 17.0 Å². The number of halogens is 3. The molecule has 0 aliphatic carbocycles. The molecule has 6 aromatic carbocycles. The summed E-state index contributed by atoms with van der Waals surface area (Å²) in [6, 6.07) is 52.6. The van der Waals surface area contributed by atoms with Gasteiger partial charge in [-0.1, -0.05) is 127 Å². The lowest BCUT2D eigenvalue weighted by molar-refractivity contribution is -0.137. The van der Waals surface area contributed by atoms with Gasteiger partial charge >= 0.3 is 6.18 Å². The molecule has 53 heavy (non-hydrogen) atoms. The summed E-state index contributed by atoms with van der Waals surface area (Å²) in [5.41, 5.74) is 9.92. The first-order valence-electron chi connectivity index (χ1n) is 17.2. The van der Waals surface area contributed by atoms with Gasteiger partial charge in [0.2, 0.25) is 0 Å². The van der Waals surface area contributed by atoms with Crippen molar-refractivity contribution in [2.45, 2.75) is 6.18 Å². The monoisotopic (exact) mass is 710 g/mol. The van der Waals surface area contributed by atoms with Gasteiger partial charge in [-0.05, 0) is 64.2 Å². The van der Waals surface area contributed by atoms with Gasteiger partial charge in [0.1, 0.15) is 0 Å². The minimum Gasteiger partial charge on any atom is -0.256 e. The number of alkyl halides is 3. The first-order chi connectivity index (χ1) is 25.9. The third-order valence-corrected chi connectivity index (χ3v) is 10.9. The molecule has 0 spiro atoms. The lowest BCUT2D eigenvalue weighted by Gasteiger charge is -2.13. The van der Waals surface area contributed by atoms with Crippen molar-refractivity contribution in [3.05, 3.63) is 182 Å². The molecule has 0 atom stereocenters. The van der Waals surface area contributed by atoms with Crippen LogP contribution in [-0.2, 0) is 6.18 Å². The zero-order chi connectivity index (χ0) is 35.9. The fourth-order valence-corrected chi connectivity index (χ4v) is 8.39. The van der Waals surface area contributed by atoms with Gasteiger partial charge < -0.3 is 0 Å². The van der Waals surface area contributed by atoms with E-state index in [-0.39, 0.29) is 5.56 Å². The number of hydrogen-bond acceptors (Lipinski definition) is 3. The molecule has 3 aromatic heterocycles. The average Bonchev–Trinajstić information content (AvgIpc) is 3.60. The van der Waals surface area contributed by atoms with Gasteiger partial charge in [-0.3, -0.25) is 9.97 Å². The van der Waals surface area contributed by atoms with E-state index >= 15 is 0 Å². The third-order valence-electron chi connectivity index (χ3n) is 9.62. The molecule has 0 aliphatic rings. The fourth-order valence-electron chi connectivity index (χ4n) is 7.03. The molecule has 0 aliphatic heterocycles. The lowest BCUT2D eigenvalue weighted by atomic mass is 9.93. The van der Waals surface area contributed by atoms with Crippen molar-refractivity contribution in [3.63, 3.8) is 0 Å². The third kappa shape index (κ3) is 6.17. The summed E-state index contributed by atoms with van der Waals surface area (Å²) in [6.07, 6.45) is -0.654. The highest BCUT2D eigenvalue weighted by molar-refractivity contribution is 7.26. The Morgan fingerprint density at radius 1 is 0.377 bits per heavy atom. The molecule has 0 amide bonds. The Morgan fingerprint density at radius 3 is 1.38 bits per heavy atom. The van der Waals surface area contributed by atoms with Gasteiger partial charge in [-0.25, -0.2) is 0 Å². The smallest absolute Gasteiger partial charge is 0.256 e. The van der Waals surface area contributed by atoms with Crippen LogP contribution in [0.4, 0.5) is 13.2 Å². The Kier molecular flexibility index (Phi) is 8.17. The molecule has 9 rings (SSSR count). The van der Waals surface area contributed by atoms with Crippen molar-refractivity contribution in [2.24, 2.45) is 0 Å². The van der Waals surface area contributed by atoms with E-state index < -0.39 is 11.7 Å². The number of rotatable bonds is 6. The van der Waals surface area contributed by atoms with E-state index in [0.717, 1.165) is 82.1 Å². The Hall–Kier alpha value is -6.37. The van der Waals surface area contributed by atoms with E-state index in [1.165, 1.54) is 17.4 Å². The lowest BCUT2D eigenvalue weighted by Crippen LogP contribution is -2.06. The molecular weight excluding hydrogens is 682 g/mol. The van der Waals surface area contributed by atoms with Crippen LogP contribution in [0.25, 0.3) is 87.2 Å². The minimum absolute atomic E-state index is 0.181. The Labute approximate surface area is 308 Å². The summed E-state index contributed by atoms with van der Waals surface area (Å²) in [7, 11) is 0. The fraction of sp³-hybridized carbons (Fsp3) is 0.0213. The van der Waals surface area contributed by atoms with Gasteiger partial charge in [0.15, 0.2) is 0 Å². The normalized spacial score (nSPS) is 11.7. The number of hydrogen-bond donors (Lipinski definition) is 0. The number of pyridine rings is 2. The van der Waals surface area contributed by atoms with Crippen LogP contribution in [0.2, 0.25) is 0 Å². The molecular formula is C47H29F3N2S. The van der Waals surface area contributed by atoms with E-state index in [0.29, 0.717) is 5.56 Å².